The van der Waals surface area contributed by atoms with Gasteiger partial charge < -0.3 is 5.11 Å². The van der Waals surface area contributed by atoms with Crippen molar-refractivity contribution in [3.8, 4) is 0 Å². The van der Waals surface area contributed by atoms with Crippen molar-refractivity contribution in [1.29, 1.82) is 0 Å². The third-order valence-corrected chi connectivity index (χ3v) is 4.18. The van der Waals surface area contributed by atoms with E-state index in [1.54, 1.807) is 11.3 Å². The molecule has 2 heterocycles. The quantitative estimate of drug-likeness (QED) is 0.896. The maximum Gasteiger partial charge on any atom is 0.303 e. The summed E-state index contributed by atoms with van der Waals surface area (Å²) in [5.74, 6) is -0.385. The van der Waals surface area contributed by atoms with E-state index in [9.17, 15) is 4.79 Å². The molecule has 1 aromatic rings. The van der Waals surface area contributed by atoms with Crippen molar-refractivity contribution >= 4 is 17.3 Å². The Hall–Kier alpha value is -0.940. The lowest BCUT2D eigenvalue weighted by atomic mass is 10.1. The van der Waals surface area contributed by atoms with Crippen LogP contribution in [0, 0.1) is 12.8 Å². The van der Waals surface area contributed by atoms with Crippen molar-refractivity contribution < 1.29 is 9.90 Å². The Labute approximate surface area is 105 Å². The van der Waals surface area contributed by atoms with Gasteiger partial charge in [0.05, 0.1) is 16.7 Å². The fraction of sp³-hybridized carbons (Fsp3) is 0.667. The predicted molar refractivity (Wildman–Crippen MR) is 67.2 cm³/mol. The van der Waals surface area contributed by atoms with Gasteiger partial charge in [-0.15, -0.1) is 11.3 Å². The number of rotatable bonds is 4. The van der Waals surface area contributed by atoms with Crippen molar-refractivity contribution in [2.75, 3.05) is 13.1 Å². The van der Waals surface area contributed by atoms with Gasteiger partial charge in [0.2, 0.25) is 0 Å². The third-order valence-electron chi connectivity index (χ3n) is 3.39. The van der Waals surface area contributed by atoms with Gasteiger partial charge in [-0.05, 0) is 32.7 Å². The van der Waals surface area contributed by atoms with E-state index in [0.29, 0.717) is 18.4 Å². The number of aryl methyl sites for hydroxylation is 1. The second kappa shape index (κ2) is 5.14. The minimum atomic E-state index is -0.686. The number of carboxylic acid groups (broad SMARTS) is 1. The molecule has 0 aliphatic carbocycles. The SMILES string of the molecule is Cc1nc(C(C)N2CCC(CC(=O)O)C2)cs1. The number of nitrogens with zero attached hydrogens (tertiary/aromatic N) is 2. The van der Waals surface area contributed by atoms with Crippen LogP contribution in [0.3, 0.4) is 0 Å². The van der Waals surface area contributed by atoms with E-state index < -0.39 is 5.97 Å². The van der Waals surface area contributed by atoms with E-state index in [2.05, 4.69) is 22.2 Å². The van der Waals surface area contributed by atoms with E-state index in [1.807, 2.05) is 6.92 Å². The summed E-state index contributed by atoms with van der Waals surface area (Å²) < 4.78 is 0. The topological polar surface area (TPSA) is 53.4 Å². The summed E-state index contributed by atoms with van der Waals surface area (Å²) in [6, 6.07) is 0.304. The van der Waals surface area contributed by atoms with Crippen LogP contribution in [0.15, 0.2) is 5.38 Å². The van der Waals surface area contributed by atoms with Gasteiger partial charge in [-0.1, -0.05) is 0 Å². The fourth-order valence-corrected chi connectivity index (χ4v) is 3.09. The number of likely N-dealkylation sites (tertiary alicyclic amines) is 1. The molecule has 1 aliphatic heterocycles. The molecule has 5 heteroatoms. The molecule has 0 radical (unpaired) electrons. The maximum atomic E-state index is 10.7. The average molecular weight is 254 g/mol. The standard InChI is InChI=1S/C12H18N2O2S/c1-8(11-7-17-9(2)13-11)14-4-3-10(6-14)5-12(15)16/h7-8,10H,3-6H2,1-2H3,(H,15,16). The molecule has 1 fully saturated rings. The highest BCUT2D eigenvalue weighted by Crippen LogP contribution is 2.29. The van der Waals surface area contributed by atoms with Gasteiger partial charge in [0.25, 0.3) is 0 Å². The van der Waals surface area contributed by atoms with Crippen LogP contribution >= 0.6 is 11.3 Å². The first-order valence-corrected chi connectivity index (χ1v) is 6.82. The first-order chi connectivity index (χ1) is 8.06. The molecule has 0 spiro atoms. The van der Waals surface area contributed by atoms with Gasteiger partial charge in [-0.3, -0.25) is 9.69 Å². The van der Waals surface area contributed by atoms with Crippen molar-refractivity contribution in [2.24, 2.45) is 5.92 Å². The monoisotopic (exact) mass is 254 g/mol. The molecule has 2 unspecified atom stereocenters. The van der Waals surface area contributed by atoms with E-state index in [1.165, 1.54) is 0 Å². The molecule has 0 saturated carbocycles. The molecular formula is C12H18N2O2S. The van der Waals surface area contributed by atoms with Crippen LogP contribution in [-0.2, 0) is 4.79 Å². The zero-order valence-electron chi connectivity index (χ0n) is 10.2. The van der Waals surface area contributed by atoms with E-state index in [-0.39, 0.29) is 0 Å². The van der Waals surface area contributed by atoms with Crippen LogP contribution in [0.25, 0.3) is 0 Å². The van der Waals surface area contributed by atoms with Crippen LogP contribution < -0.4 is 0 Å². The Morgan fingerprint density at radius 1 is 1.76 bits per heavy atom. The predicted octanol–water partition coefficient (Wildman–Crippen LogP) is 2.31. The molecule has 94 valence electrons. The fourth-order valence-electron chi connectivity index (χ4n) is 2.39. The third kappa shape index (κ3) is 3.04. The van der Waals surface area contributed by atoms with Gasteiger partial charge in [0, 0.05) is 18.3 Å². The van der Waals surface area contributed by atoms with Gasteiger partial charge in [-0.2, -0.15) is 0 Å². The lowest BCUT2D eigenvalue weighted by Crippen LogP contribution is -2.25. The van der Waals surface area contributed by atoms with Crippen molar-refractivity contribution in [3.63, 3.8) is 0 Å². The Kier molecular flexibility index (Phi) is 3.79. The summed E-state index contributed by atoms with van der Waals surface area (Å²) in [5.41, 5.74) is 1.11. The molecule has 1 N–H and O–H groups in total. The number of aromatic nitrogens is 1. The number of carboxylic acids is 1. The minimum absolute atomic E-state index is 0.291. The Balaban J connectivity index is 1.94. The lowest BCUT2D eigenvalue weighted by Gasteiger charge is -2.22. The van der Waals surface area contributed by atoms with Crippen LogP contribution in [0.2, 0.25) is 0 Å². The summed E-state index contributed by atoms with van der Waals surface area (Å²) in [7, 11) is 0. The van der Waals surface area contributed by atoms with Gasteiger partial charge in [0.1, 0.15) is 0 Å². The smallest absolute Gasteiger partial charge is 0.303 e. The van der Waals surface area contributed by atoms with Crippen LogP contribution in [0.4, 0.5) is 0 Å². The highest BCUT2D eigenvalue weighted by atomic mass is 32.1. The maximum absolute atomic E-state index is 10.7. The highest BCUT2D eigenvalue weighted by Gasteiger charge is 2.28. The molecule has 2 rings (SSSR count). The summed E-state index contributed by atoms with van der Waals surface area (Å²) in [6.07, 6.45) is 1.28. The molecule has 1 saturated heterocycles. The van der Waals surface area contributed by atoms with Crippen molar-refractivity contribution in [2.45, 2.75) is 32.7 Å². The Morgan fingerprint density at radius 2 is 2.53 bits per heavy atom. The van der Waals surface area contributed by atoms with E-state index in [4.69, 9.17) is 5.11 Å². The normalized spacial score (nSPS) is 22.8. The molecule has 0 bridgehead atoms. The minimum Gasteiger partial charge on any atom is -0.481 e. The first kappa shape index (κ1) is 12.5. The van der Waals surface area contributed by atoms with Crippen molar-refractivity contribution in [3.05, 3.63) is 16.1 Å². The van der Waals surface area contributed by atoms with Crippen LogP contribution in [0.1, 0.15) is 36.5 Å². The number of thiazole rings is 1. The van der Waals surface area contributed by atoms with Gasteiger partial charge in [0.15, 0.2) is 0 Å². The molecule has 0 amide bonds. The number of hydrogen-bond acceptors (Lipinski definition) is 4. The molecule has 2 atom stereocenters. The summed E-state index contributed by atoms with van der Waals surface area (Å²) in [4.78, 5) is 17.5. The second-order valence-corrected chi connectivity index (χ2v) is 5.78. The van der Waals surface area contributed by atoms with Crippen LogP contribution in [-0.4, -0.2) is 34.0 Å². The van der Waals surface area contributed by atoms with E-state index >= 15 is 0 Å². The second-order valence-electron chi connectivity index (χ2n) is 4.71. The molecule has 1 aliphatic rings. The Bertz CT molecular complexity index is 405. The van der Waals surface area contributed by atoms with Crippen molar-refractivity contribution in [1.82, 2.24) is 9.88 Å². The largest absolute Gasteiger partial charge is 0.481 e. The summed E-state index contributed by atoms with van der Waals surface area (Å²) >= 11 is 1.67. The zero-order chi connectivity index (χ0) is 12.4. The molecule has 17 heavy (non-hydrogen) atoms. The molecular weight excluding hydrogens is 236 g/mol. The number of carbonyl (C=O) groups is 1. The molecule has 4 nitrogen and oxygen atoms in total. The van der Waals surface area contributed by atoms with Gasteiger partial charge >= 0.3 is 5.97 Å². The number of hydrogen-bond donors (Lipinski definition) is 1. The highest BCUT2D eigenvalue weighted by molar-refractivity contribution is 7.09. The van der Waals surface area contributed by atoms with Crippen LogP contribution in [0.5, 0.6) is 0 Å². The zero-order valence-corrected chi connectivity index (χ0v) is 11.0. The first-order valence-electron chi connectivity index (χ1n) is 5.94. The lowest BCUT2D eigenvalue weighted by molar-refractivity contribution is -0.138. The molecule has 1 aromatic heterocycles. The Morgan fingerprint density at radius 3 is 3.12 bits per heavy atom. The molecule has 0 aromatic carbocycles. The van der Waals surface area contributed by atoms with Gasteiger partial charge in [-0.25, -0.2) is 4.98 Å². The van der Waals surface area contributed by atoms with E-state index in [0.717, 1.165) is 30.2 Å². The summed E-state index contributed by atoms with van der Waals surface area (Å²) in [6.45, 7) is 6.02. The number of aliphatic carboxylic acids is 1. The average Bonchev–Trinajstić information content (AvgIpc) is 2.85. The summed E-state index contributed by atoms with van der Waals surface area (Å²) in [5, 5.41) is 12.0.